The molecule has 0 spiro atoms. The Morgan fingerprint density at radius 3 is 1.01 bits per heavy atom. The van der Waals surface area contributed by atoms with Crippen molar-refractivity contribution in [3.8, 4) is 0 Å². The van der Waals surface area contributed by atoms with Gasteiger partial charge in [-0.2, -0.15) is 0 Å². The molecule has 0 saturated heterocycles. The van der Waals surface area contributed by atoms with Gasteiger partial charge in [0.25, 0.3) is 0 Å². The van der Waals surface area contributed by atoms with E-state index in [0.29, 0.717) is 19.3 Å². The number of amides is 1. The second-order valence-electron chi connectivity index (χ2n) is 20.9. The molecule has 0 heterocycles. The van der Waals surface area contributed by atoms with Gasteiger partial charge in [0, 0.05) is 6.42 Å². The third-order valence-corrected chi connectivity index (χ3v) is 15.4. The Hall–Kier alpha value is -0.660. The largest absolute Gasteiger partial charge is 0.472 e. The van der Waals surface area contributed by atoms with E-state index in [1.165, 1.54) is 212 Å². The lowest BCUT2D eigenvalue weighted by atomic mass is 9.85. The first-order valence-electron chi connectivity index (χ1n) is 29.0. The number of carbonyl (C=O) groups is 1. The van der Waals surface area contributed by atoms with Gasteiger partial charge >= 0.3 is 7.82 Å². The lowest BCUT2D eigenvalue weighted by Gasteiger charge is -2.41. The topological polar surface area (TPSA) is 206 Å². The fraction of sp³-hybridized carbons (Fsp3) is 0.982. The van der Waals surface area contributed by atoms with Gasteiger partial charge < -0.3 is 40.8 Å². The third-order valence-electron chi connectivity index (χ3n) is 14.4. The molecule has 9 atom stereocenters. The zero-order valence-electron chi connectivity index (χ0n) is 43.9. The number of rotatable bonds is 50. The molecule has 1 amide bonds. The molecule has 8 N–H and O–H groups in total. The normalized spacial score (nSPS) is 21.5. The molecule has 0 aromatic heterocycles. The molecule has 0 bridgehead atoms. The predicted molar refractivity (Wildman–Crippen MR) is 279 cm³/mol. The number of phosphoric ester groups is 1. The number of carbonyl (C=O) groups excluding carboxylic acids is 1. The van der Waals surface area contributed by atoms with E-state index in [4.69, 9.17) is 9.05 Å². The van der Waals surface area contributed by atoms with Crippen molar-refractivity contribution in [1.82, 2.24) is 5.32 Å². The first-order chi connectivity index (χ1) is 32.9. The Kier molecular flexibility index (Phi) is 43.2. The molecule has 1 aliphatic carbocycles. The van der Waals surface area contributed by atoms with Crippen LogP contribution in [0.5, 0.6) is 0 Å². The number of hydrogen-bond donors (Lipinski definition) is 8. The Bertz CT molecular complexity index is 1150. The van der Waals surface area contributed by atoms with Crippen LogP contribution in [0.4, 0.5) is 0 Å². The summed E-state index contributed by atoms with van der Waals surface area (Å²) < 4.78 is 23.0. The van der Waals surface area contributed by atoms with E-state index >= 15 is 0 Å². The first-order valence-corrected chi connectivity index (χ1v) is 30.5. The number of aliphatic hydroxyl groups excluding tert-OH is 6. The molecule has 0 aliphatic heterocycles. The second-order valence-corrected chi connectivity index (χ2v) is 22.3. The zero-order chi connectivity index (χ0) is 49.9. The summed E-state index contributed by atoms with van der Waals surface area (Å²) >= 11 is 0. The van der Waals surface area contributed by atoms with E-state index < -0.39 is 63.2 Å². The van der Waals surface area contributed by atoms with Crippen molar-refractivity contribution in [3.63, 3.8) is 0 Å². The van der Waals surface area contributed by atoms with E-state index in [0.717, 1.165) is 38.5 Å². The van der Waals surface area contributed by atoms with Gasteiger partial charge in [-0.1, -0.05) is 271 Å². The highest BCUT2D eigenvalue weighted by atomic mass is 31.2. The van der Waals surface area contributed by atoms with Crippen LogP contribution in [-0.4, -0.2) is 96.8 Å². The van der Waals surface area contributed by atoms with E-state index in [1.807, 2.05) is 0 Å². The number of aliphatic hydroxyl groups is 6. The Balaban J connectivity index is 2.13. The summed E-state index contributed by atoms with van der Waals surface area (Å²) in [7, 11) is -5.05. The minimum absolute atomic E-state index is 0.243. The van der Waals surface area contributed by atoms with Crippen LogP contribution < -0.4 is 5.32 Å². The summed E-state index contributed by atoms with van der Waals surface area (Å²) in [6.45, 7) is 3.89. The van der Waals surface area contributed by atoms with Gasteiger partial charge in [-0.3, -0.25) is 13.8 Å². The number of nitrogens with one attached hydrogen (secondary N) is 1. The van der Waals surface area contributed by atoms with Gasteiger partial charge in [0.2, 0.25) is 5.91 Å². The van der Waals surface area contributed by atoms with Crippen LogP contribution in [0.3, 0.4) is 0 Å². The maximum atomic E-state index is 13.0. The van der Waals surface area contributed by atoms with Crippen molar-refractivity contribution in [2.45, 2.75) is 339 Å². The molecular formula is C55H110NO11P. The average Bonchev–Trinajstić information content (AvgIpc) is 3.32. The molecule has 406 valence electrons. The fourth-order valence-corrected chi connectivity index (χ4v) is 10.7. The van der Waals surface area contributed by atoms with E-state index in [1.54, 1.807) is 0 Å². The van der Waals surface area contributed by atoms with Gasteiger partial charge in [0.1, 0.15) is 36.6 Å². The SMILES string of the molecule is CCCCCCCCCCCCCCCCCCCCCCCCCCCCCCCCCCC(=O)N[C@@H](COP(=O)(O)OC1C(O)C(O)C(O)[C@@H](O)C1O)[C@H](O)CCCCCCCCCCC. The average molecular weight is 992 g/mol. The minimum Gasteiger partial charge on any atom is -0.391 e. The summed E-state index contributed by atoms with van der Waals surface area (Å²) in [4.78, 5) is 23.4. The Labute approximate surface area is 416 Å². The second kappa shape index (κ2) is 45.0. The van der Waals surface area contributed by atoms with E-state index in [2.05, 4.69) is 19.2 Å². The smallest absolute Gasteiger partial charge is 0.391 e. The standard InChI is InChI=1S/C55H110NO11P/c1-3-5-7-9-11-13-14-15-16-17-18-19-20-21-22-23-24-25-26-27-28-29-30-31-32-33-34-35-37-39-41-43-45-49(58)56-47(48(57)44-42-40-38-36-12-10-8-6-4-2)46-66-68(64,65)67-55-53(62)51(60)50(59)52(61)54(55)63/h47-48,50-55,57,59-63H,3-46H2,1-2H3,(H,56,58)(H,64,65)/t47-,48+,50?,51+,52?,53?,54?,55?/m0/s1. The van der Waals surface area contributed by atoms with E-state index in [9.17, 15) is 44.9 Å². The molecule has 13 heteroatoms. The summed E-state index contributed by atoms with van der Waals surface area (Å²) in [5.74, 6) is -0.303. The lowest BCUT2D eigenvalue weighted by Crippen LogP contribution is -2.64. The highest BCUT2D eigenvalue weighted by molar-refractivity contribution is 7.47. The number of unbranched alkanes of at least 4 members (excludes halogenated alkanes) is 39. The molecule has 1 fully saturated rings. The van der Waals surface area contributed by atoms with Crippen LogP contribution in [0.15, 0.2) is 0 Å². The van der Waals surface area contributed by atoms with Crippen molar-refractivity contribution in [1.29, 1.82) is 0 Å². The quantitative estimate of drug-likeness (QED) is 0.0213. The molecule has 68 heavy (non-hydrogen) atoms. The zero-order valence-corrected chi connectivity index (χ0v) is 44.8. The van der Waals surface area contributed by atoms with Gasteiger partial charge in [0.15, 0.2) is 0 Å². The summed E-state index contributed by atoms with van der Waals surface area (Å²) in [6, 6.07) is -1.02. The molecular weight excluding hydrogens is 882 g/mol. The molecule has 1 rings (SSSR count). The molecule has 12 nitrogen and oxygen atoms in total. The minimum atomic E-state index is -5.05. The molecule has 6 unspecified atom stereocenters. The first kappa shape index (κ1) is 65.4. The van der Waals surface area contributed by atoms with Crippen LogP contribution in [0.2, 0.25) is 0 Å². The molecule has 1 aliphatic rings. The fourth-order valence-electron chi connectivity index (χ4n) is 9.74. The van der Waals surface area contributed by atoms with Gasteiger partial charge in [-0.05, 0) is 12.8 Å². The van der Waals surface area contributed by atoms with Crippen LogP contribution in [-0.2, 0) is 18.4 Å². The van der Waals surface area contributed by atoms with Gasteiger partial charge in [-0.15, -0.1) is 0 Å². The predicted octanol–water partition coefficient (Wildman–Crippen LogP) is 13.0. The van der Waals surface area contributed by atoms with Gasteiger partial charge in [-0.25, -0.2) is 4.57 Å². The molecule has 1 saturated carbocycles. The summed E-state index contributed by atoms with van der Waals surface area (Å²) in [6.07, 6.45) is 40.5. The van der Waals surface area contributed by atoms with Gasteiger partial charge in [0.05, 0.1) is 18.8 Å². The summed E-state index contributed by atoms with van der Waals surface area (Å²) in [5, 5.41) is 64.2. The van der Waals surface area contributed by atoms with Crippen molar-refractivity contribution in [3.05, 3.63) is 0 Å². The van der Waals surface area contributed by atoms with Crippen molar-refractivity contribution in [2.75, 3.05) is 6.61 Å². The number of hydrogen-bond acceptors (Lipinski definition) is 10. The Morgan fingerprint density at radius 2 is 0.706 bits per heavy atom. The number of phosphoric acid groups is 1. The molecule has 0 radical (unpaired) electrons. The van der Waals surface area contributed by atoms with Crippen molar-refractivity contribution in [2.24, 2.45) is 0 Å². The maximum Gasteiger partial charge on any atom is 0.472 e. The highest BCUT2D eigenvalue weighted by Gasteiger charge is 2.51. The molecule has 0 aromatic carbocycles. The van der Waals surface area contributed by atoms with E-state index in [-0.39, 0.29) is 12.3 Å². The van der Waals surface area contributed by atoms with Crippen LogP contribution in [0.1, 0.15) is 290 Å². The van der Waals surface area contributed by atoms with Crippen molar-refractivity contribution >= 4 is 13.7 Å². The van der Waals surface area contributed by atoms with Crippen LogP contribution in [0.25, 0.3) is 0 Å². The Morgan fingerprint density at radius 1 is 0.441 bits per heavy atom. The highest BCUT2D eigenvalue weighted by Crippen LogP contribution is 2.47. The molecule has 0 aromatic rings. The monoisotopic (exact) mass is 992 g/mol. The summed E-state index contributed by atoms with van der Waals surface area (Å²) in [5.41, 5.74) is 0. The maximum absolute atomic E-state index is 13.0. The van der Waals surface area contributed by atoms with Crippen LogP contribution >= 0.6 is 7.82 Å². The van der Waals surface area contributed by atoms with Crippen LogP contribution in [0, 0.1) is 0 Å². The lowest BCUT2D eigenvalue weighted by molar-refractivity contribution is -0.220. The third kappa shape index (κ3) is 35.5. The van der Waals surface area contributed by atoms with Crippen molar-refractivity contribution < 1.29 is 53.9 Å².